The third-order valence-electron chi connectivity index (χ3n) is 7.21. The predicted octanol–water partition coefficient (Wildman–Crippen LogP) is 6.36. The molecule has 0 aliphatic carbocycles. The van der Waals surface area contributed by atoms with Crippen molar-refractivity contribution in [2.45, 2.75) is 31.8 Å². The summed E-state index contributed by atoms with van der Waals surface area (Å²) in [7, 11) is 1.00. The zero-order valence-corrected chi connectivity index (χ0v) is 23.9. The van der Waals surface area contributed by atoms with Gasteiger partial charge in [0.15, 0.2) is 0 Å². The van der Waals surface area contributed by atoms with Gasteiger partial charge in [-0.1, -0.05) is 84.9 Å². The van der Waals surface area contributed by atoms with Crippen LogP contribution in [-0.4, -0.2) is 44.3 Å². The fraction of sp³-hybridized carbons (Fsp3) is 0.324. The zero-order valence-electron chi connectivity index (χ0n) is 23.1. The number of hydrogen-bond acceptors (Lipinski definition) is 5. The van der Waals surface area contributed by atoms with Crippen molar-refractivity contribution >= 4 is 29.0 Å². The van der Waals surface area contributed by atoms with E-state index in [0.29, 0.717) is 32.0 Å². The zero-order chi connectivity index (χ0) is 27.3. The molecule has 5 nitrogen and oxygen atoms in total. The van der Waals surface area contributed by atoms with Crippen molar-refractivity contribution in [3.63, 3.8) is 0 Å². The molecule has 0 bridgehead atoms. The minimum absolute atomic E-state index is 0. The predicted molar refractivity (Wildman–Crippen MR) is 164 cm³/mol. The standard InChI is InChI=1S/C33H35NO3.CH4O.ClH/c35-33(22-26-11-12-27-9-4-5-10-29(27)21-26)32-23-34-18-17-31(32)28-13-15-30(16-14-28)37-20-6-19-36-24-25-7-2-1-3-8-25;1-2;/h1-5,7-16,21,31-32,34H,6,17-20,22-24H2;2H,1H3;1H. The van der Waals surface area contributed by atoms with Crippen LogP contribution >= 0.6 is 12.4 Å². The maximum atomic E-state index is 13.4. The normalized spacial score (nSPS) is 16.4. The SMILES string of the molecule is CO.Cl.O=C(Cc1ccc2ccccc2c1)C1CNCCC1c1ccc(OCCCOCc2ccccc2)cc1. The van der Waals surface area contributed by atoms with Crippen LogP contribution in [0.2, 0.25) is 0 Å². The second kappa shape index (κ2) is 16.8. The van der Waals surface area contributed by atoms with Gasteiger partial charge in [-0.05, 0) is 58.5 Å². The van der Waals surface area contributed by atoms with Crippen LogP contribution in [0.5, 0.6) is 5.75 Å². The van der Waals surface area contributed by atoms with Gasteiger partial charge in [-0.25, -0.2) is 0 Å². The van der Waals surface area contributed by atoms with Crippen molar-refractivity contribution in [1.82, 2.24) is 5.32 Å². The van der Waals surface area contributed by atoms with Crippen molar-refractivity contribution in [3.05, 3.63) is 114 Å². The molecule has 2 atom stereocenters. The molecule has 6 heteroatoms. The van der Waals surface area contributed by atoms with E-state index in [0.717, 1.165) is 44.4 Å². The average Bonchev–Trinajstić information content (AvgIpc) is 3.00. The van der Waals surface area contributed by atoms with E-state index in [2.05, 4.69) is 59.9 Å². The summed E-state index contributed by atoms with van der Waals surface area (Å²) < 4.78 is 11.7. The van der Waals surface area contributed by atoms with Crippen molar-refractivity contribution < 1.29 is 19.4 Å². The van der Waals surface area contributed by atoms with Crippen LogP contribution in [0.25, 0.3) is 10.8 Å². The Balaban J connectivity index is 0.00000144. The Labute approximate surface area is 243 Å². The maximum Gasteiger partial charge on any atom is 0.142 e. The number of aliphatic hydroxyl groups is 1. The van der Waals surface area contributed by atoms with Gasteiger partial charge >= 0.3 is 0 Å². The molecule has 1 aliphatic heterocycles. The number of ketones is 1. The fourth-order valence-corrected chi connectivity index (χ4v) is 5.20. The highest BCUT2D eigenvalue weighted by molar-refractivity contribution is 5.87. The van der Waals surface area contributed by atoms with Gasteiger partial charge in [-0.15, -0.1) is 12.4 Å². The molecule has 0 saturated carbocycles. The molecule has 1 heterocycles. The monoisotopic (exact) mass is 561 g/mol. The lowest BCUT2D eigenvalue weighted by atomic mass is 9.77. The molecule has 1 saturated heterocycles. The summed E-state index contributed by atoms with van der Waals surface area (Å²) in [6.07, 6.45) is 2.28. The Morgan fingerprint density at radius 2 is 1.57 bits per heavy atom. The van der Waals surface area contributed by atoms with E-state index < -0.39 is 0 Å². The van der Waals surface area contributed by atoms with E-state index >= 15 is 0 Å². The minimum Gasteiger partial charge on any atom is -0.494 e. The molecule has 1 aliphatic rings. The van der Waals surface area contributed by atoms with Gasteiger partial charge in [-0.2, -0.15) is 0 Å². The number of piperidine rings is 1. The highest BCUT2D eigenvalue weighted by Gasteiger charge is 2.31. The van der Waals surface area contributed by atoms with Crippen LogP contribution in [0.3, 0.4) is 0 Å². The molecule has 0 amide bonds. The first-order chi connectivity index (χ1) is 19.3. The highest BCUT2D eigenvalue weighted by Crippen LogP contribution is 2.33. The molecule has 40 heavy (non-hydrogen) atoms. The first kappa shape index (κ1) is 31.3. The smallest absolute Gasteiger partial charge is 0.142 e. The maximum absolute atomic E-state index is 13.4. The number of nitrogens with one attached hydrogen (secondary N) is 1. The van der Waals surface area contributed by atoms with Crippen molar-refractivity contribution in [1.29, 1.82) is 0 Å². The summed E-state index contributed by atoms with van der Waals surface area (Å²) in [5.74, 6) is 1.38. The van der Waals surface area contributed by atoms with Crippen LogP contribution in [-0.2, 0) is 22.6 Å². The lowest BCUT2D eigenvalue weighted by Gasteiger charge is -2.31. The Kier molecular flexibility index (Phi) is 13.1. The van der Waals surface area contributed by atoms with Gasteiger partial charge in [0.25, 0.3) is 0 Å². The van der Waals surface area contributed by atoms with Crippen molar-refractivity contribution in [3.8, 4) is 5.75 Å². The number of Topliss-reactive ketones (excluding diaryl/α,β-unsaturated/α-hetero) is 1. The number of fused-ring (bicyclic) bond motifs is 1. The first-order valence-electron chi connectivity index (χ1n) is 13.8. The second-order valence-corrected chi connectivity index (χ2v) is 9.84. The Bertz CT molecular complexity index is 1300. The molecule has 4 aromatic carbocycles. The molecule has 1 fully saturated rings. The third-order valence-corrected chi connectivity index (χ3v) is 7.21. The number of halogens is 1. The van der Waals surface area contributed by atoms with Gasteiger partial charge in [-0.3, -0.25) is 4.79 Å². The van der Waals surface area contributed by atoms with E-state index in [9.17, 15) is 4.79 Å². The lowest BCUT2D eigenvalue weighted by Crippen LogP contribution is -2.40. The van der Waals surface area contributed by atoms with E-state index in [1.165, 1.54) is 21.9 Å². The van der Waals surface area contributed by atoms with Crippen LogP contribution < -0.4 is 10.1 Å². The number of rotatable bonds is 11. The molecule has 212 valence electrons. The lowest BCUT2D eigenvalue weighted by molar-refractivity contribution is -0.123. The molecule has 5 rings (SSSR count). The van der Waals surface area contributed by atoms with Gasteiger partial charge in [0.2, 0.25) is 0 Å². The topological polar surface area (TPSA) is 67.8 Å². The molecule has 0 aromatic heterocycles. The molecule has 0 spiro atoms. The number of benzene rings is 4. The van der Waals surface area contributed by atoms with Crippen molar-refractivity contribution in [2.75, 3.05) is 33.4 Å². The fourth-order valence-electron chi connectivity index (χ4n) is 5.20. The quantitative estimate of drug-likeness (QED) is 0.209. The average molecular weight is 562 g/mol. The Hall–Kier alpha value is -3.22. The number of carbonyl (C=O) groups excluding carboxylic acids is 1. The summed E-state index contributed by atoms with van der Waals surface area (Å²) >= 11 is 0. The molecule has 4 aromatic rings. The number of ether oxygens (including phenoxy) is 2. The Morgan fingerprint density at radius 3 is 2.35 bits per heavy atom. The van der Waals surface area contributed by atoms with E-state index in [-0.39, 0.29) is 24.2 Å². The van der Waals surface area contributed by atoms with Gasteiger partial charge in [0.1, 0.15) is 11.5 Å². The summed E-state index contributed by atoms with van der Waals surface area (Å²) in [6.45, 7) is 3.59. The van der Waals surface area contributed by atoms with Crippen molar-refractivity contribution in [2.24, 2.45) is 5.92 Å². The van der Waals surface area contributed by atoms with Crippen LogP contribution in [0, 0.1) is 5.92 Å². The second-order valence-electron chi connectivity index (χ2n) is 9.84. The van der Waals surface area contributed by atoms with E-state index in [4.69, 9.17) is 14.6 Å². The van der Waals surface area contributed by atoms with Crippen LogP contribution in [0.4, 0.5) is 0 Å². The Morgan fingerprint density at radius 1 is 0.850 bits per heavy atom. The summed E-state index contributed by atoms with van der Waals surface area (Å²) in [5.41, 5.74) is 3.49. The number of carbonyl (C=O) groups is 1. The van der Waals surface area contributed by atoms with E-state index in [1.807, 2.05) is 42.5 Å². The first-order valence-corrected chi connectivity index (χ1v) is 13.8. The molecule has 0 radical (unpaired) electrons. The summed E-state index contributed by atoms with van der Waals surface area (Å²) in [4.78, 5) is 13.4. The summed E-state index contributed by atoms with van der Waals surface area (Å²) in [6, 6.07) is 33.2. The molecular weight excluding hydrogens is 522 g/mol. The molecule has 2 unspecified atom stereocenters. The van der Waals surface area contributed by atoms with Crippen LogP contribution in [0.1, 0.15) is 35.4 Å². The minimum atomic E-state index is -0.0197. The third kappa shape index (κ3) is 8.90. The molecule has 2 N–H and O–H groups in total. The van der Waals surface area contributed by atoms with Gasteiger partial charge in [0, 0.05) is 32.4 Å². The number of hydrogen-bond donors (Lipinski definition) is 2. The van der Waals surface area contributed by atoms with E-state index in [1.54, 1.807) is 0 Å². The van der Waals surface area contributed by atoms with Crippen LogP contribution in [0.15, 0.2) is 97.1 Å². The molecular formula is C34H40ClNO4. The van der Waals surface area contributed by atoms with Gasteiger partial charge in [0.05, 0.1) is 19.8 Å². The van der Waals surface area contributed by atoms with Gasteiger partial charge < -0.3 is 19.9 Å². The summed E-state index contributed by atoms with van der Waals surface area (Å²) in [5, 5.41) is 12.8. The highest BCUT2D eigenvalue weighted by atomic mass is 35.5. The largest absolute Gasteiger partial charge is 0.494 e. The number of aliphatic hydroxyl groups excluding tert-OH is 1.